The van der Waals surface area contributed by atoms with E-state index in [0.717, 1.165) is 0 Å². The minimum atomic E-state index is -4.01. The molecule has 0 atom stereocenters. The maximum absolute atomic E-state index is 13.5. The van der Waals surface area contributed by atoms with Gasteiger partial charge in [-0.25, -0.2) is 27.7 Å². The van der Waals surface area contributed by atoms with Crippen LogP contribution in [0.4, 0.5) is 21.0 Å². The number of carbonyl (C=O) groups is 2. The molecule has 0 fully saturated rings. The van der Waals surface area contributed by atoms with Gasteiger partial charge in [0.25, 0.3) is 0 Å². The van der Waals surface area contributed by atoms with Crippen LogP contribution in [0.2, 0.25) is 0 Å². The van der Waals surface area contributed by atoms with Gasteiger partial charge < -0.3 is 14.2 Å². The summed E-state index contributed by atoms with van der Waals surface area (Å²) in [6.45, 7) is 12.2. The summed E-state index contributed by atoms with van der Waals surface area (Å²) in [5.41, 5.74) is 1.05. The Labute approximate surface area is 244 Å². The highest BCUT2D eigenvalue weighted by Crippen LogP contribution is 2.40. The molecule has 13 heteroatoms. The fourth-order valence-electron chi connectivity index (χ4n) is 3.68. The van der Waals surface area contributed by atoms with Gasteiger partial charge in [0.05, 0.1) is 34.7 Å². The van der Waals surface area contributed by atoms with Gasteiger partial charge >= 0.3 is 12.2 Å². The minimum Gasteiger partial charge on any atom is -0.496 e. The molecule has 0 saturated carbocycles. The summed E-state index contributed by atoms with van der Waals surface area (Å²) >= 11 is 1.27. The number of hydrogen-bond acceptors (Lipinski definition) is 9. The molecule has 0 saturated heterocycles. The molecule has 2 amide bonds. The van der Waals surface area contributed by atoms with Crippen molar-refractivity contribution >= 4 is 44.9 Å². The van der Waals surface area contributed by atoms with E-state index in [-0.39, 0.29) is 22.8 Å². The molecule has 0 aliphatic heterocycles. The fraction of sp³-hybridized carbons (Fsp3) is 0.393. The highest BCUT2D eigenvalue weighted by molar-refractivity contribution is 7.89. The van der Waals surface area contributed by atoms with Crippen molar-refractivity contribution in [3.05, 3.63) is 42.6 Å². The van der Waals surface area contributed by atoms with Gasteiger partial charge in [-0.3, -0.25) is 10.6 Å². The lowest BCUT2D eigenvalue weighted by Crippen LogP contribution is -2.40. The number of aromatic nitrogens is 1. The first-order valence-corrected chi connectivity index (χ1v) is 15.2. The van der Waals surface area contributed by atoms with Gasteiger partial charge in [-0.05, 0) is 72.7 Å². The lowest BCUT2D eigenvalue weighted by molar-refractivity contribution is 0.129. The lowest BCUT2D eigenvalue weighted by Gasteiger charge is -2.22. The van der Waals surface area contributed by atoms with Crippen molar-refractivity contribution in [3.63, 3.8) is 0 Å². The number of methoxy groups -OCH3 is 1. The molecule has 3 rings (SSSR count). The van der Waals surface area contributed by atoms with E-state index in [0.29, 0.717) is 32.4 Å². The monoisotopic (exact) mass is 604 g/mol. The van der Waals surface area contributed by atoms with Crippen LogP contribution in [0, 0.1) is 0 Å². The van der Waals surface area contributed by atoms with Gasteiger partial charge in [0, 0.05) is 34.7 Å². The molecule has 1 aromatic heterocycles. The number of thiazole rings is 1. The average molecular weight is 605 g/mol. The Morgan fingerprint density at radius 1 is 0.878 bits per heavy atom. The van der Waals surface area contributed by atoms with Crippen molar-refractivity contribution < 1.29 is 32.2 Å². The van der Waals surface area contributed by atoms with E-state index in [4.69, 9.17) is 14.2 Å². The Morgan fingerprint density at radius 3 is 1.93 bits per heavy atom. The van der Waals surface area contributed by atoms with Crippen LogP contribution in [-0.2, 0) is 19.5 Å². The average Bonchev–Trinajstić information content (AvgIpc) is 3.31. The molecule has 0 unspecified atom stereocenters. The van der Waals surface area contributed by atoms with Gasteiger partial charge in [-0.2, -0.15) is 0 Å². The molecule has 0 bridgehead atoms. The maximum Gasteiger partial charge on any atom is 0.411 e. The quantitative estimate of drug-likeness (QED) is 0.252. The Hall–Kier alpha value is -3.68. The predicted octanol–water partition coefficient (Wildman–Crippen LogP) is 6.48. The first kappa shape index (κ1) is 31.8. The molecule has 2 aromatic carbocycles. The number of rotatable bonds is 9. The molecule has 222 valence electrons. The zero-order chi connectivity index (χ0) is 30.5. The van der Waals surface area contributed by atoms with Crippen LogP contribution in [0.1, 0.15) is 48.5 Å². The van der Waals surface area contributed by atoms with Crippen molar-refractivity contribution in [2.24, 2.45) is 0 Å². The smallest absolute Gasteiger partial charge is 0.411 e. The summed E-state index contributed by atoms with van der Waals surface area (Å²) in [5, 5.41) is 5.81. The van der Waals surface area contributed by atoms with Crippen LogP contribution in [0.3, 0.4) is 0 Å². The number of nitrogens with one attached hydrogen (secondary N) is 3. The molecule has 0 spiro atoms. The number of amides is 2. The third-order valence-electron chi connectivity index (χ3n) is 5.09. The Kier molecular flexibility index (Phi) is 10.0. The third kappa shape index (κ3) is 8.90. The fourth-order valence-corrected chi connectivity index (χ4v) is 6.39. The Bertz CT molecular complexity index is 1510. The van der Waals surface area contributed by atoms with Crippen molar-refractivity contribution in [1.82, 2.24) is 9.71 Å². The van der Waals surface area contributed by atoms with Crippen molar-refractivity contribution in [2.45, 2.75) is 71.1 Å². The van der Waals surface area contributed by atoms with E-state index in [1.807, 2.05) is 0 Å². The number of sulfonamides is 1. The molecule has 1 heterocycles. The van der Waals surface area contributed by atoms with E-state index in [2.05, 4.69) is 20.3 Å². The topological polar surface area (TPSA) is 145 Å². The zero-order valence-electron chi connectivity index (χ0n) is 24.3. The number of hydrogen-bond donors (Lipinski definition) is 3. The van der Waals surface area contributed by atoms with Crippen molar-refractivity contribution in [3.8, 4) is 26.8 Å². The van der Waals surface area contributed by atoms with Gasteiger partial charge in [-0.1, -0.05) is 6.07 Å². The standard InChI is InChI=1S/C28H36N4O7S2/c1-16(2)38-26(33)30-18-9-11-20(22(13-18)37-8)25-29-15-23(40-25)21-12-10-19(31-27(34)39-17(3)4)14-24(21)41(35,36)32-28(5,6)7/h9-17,32H,1-8H3,(H,30,33)(H,31,34). The second-order valence-corrected chi connectivity index (χ2v) is 13.4. The van der Waals surface area contributed by atoms with E-state index in [1.54, 1.807) is 85.0 Å². The van der Waals surface area contributed by atoms with Gasteiger partial charge in [0.1, 0.15) is 10.8 Å². The van der Waals surface area contributed by atoms with E-state index < -0.39 is 27.7 Å². The molecule has 11 nitrogen and oxygen atoms in total. The molecule has 0 aliphatic rings. The molecular weight excluding hydrogens is 568 g/mol. The lowest BCUT2D eigenvalue weighted by atomic mass is 10.1. The normalized spacial score (nSPS) is 11.9. The van der Waals surface area contributed by atoms with Gasteiger partial charge in [0.2, 0.25) is 10.0 Å². The predicted molar refractivity (Wildman–Crippen MR) is 160 cm³/mol. The number of anilines is 2. The Balaban J connectivity index is 2.01. The summed E-state index contributed by atoms with van der Waals surface area (Å²) in [4.78, 5) is 29.2. The highest BCUT2D eigenvalue weighted by atomic mass is 32.2. The van der Waals surface area contributed by atoms with Gasteiger partial charge in [0.15, 0.2) is 0 Å². The number of carbonyl (C=O) groups excluding carboxylic acids is 2. The summed E-state index contributed by atoms with van der Waals surface area (Å²) < 4.78 is 45.5. The zero-order valence-corrected chi connectivity index (χ0v) is 26.0. The summed E-state index contributed by atoms with van der Waals surface area (Å²) in [6, 6.07) is 9.70. The summed E-state index contributed by atoms with van der Waals surface area (Å²) in [5.74, 6) is 0.457. The Morgan fingerprint density at radius 2 is 1.41 bits per heavy atom. The number of ether oxygens (including phenoxy) is 3. The van der Waals surface area contributed by atoms with Gasteiger partial charge in [-0.15, -0.1) is 11.3 Å². The van der Waals surface area contributed by atoms with Crippen LogP contribution in [0.15, 0.2) is 47.5 Å². The minimum absolute atomic E-state index is 0.0276. The second-order valence-electron chi connectivity index (χ2n) is 10.7. The molecule has 3 N–H and O–H groups in total. The van der Waals surface area contributed by atoms with Crippen molar-refractivity contribution in [1.29, 1.82) is 0 Å². The van der Waals surface area contributed by atoms with E-state index in [9.17, 15) is 18.0 Å². The SMILES string of the molecule is COc1cc(NC(=O)OC(C)C)ccc1-c1ncc(-c2ccc(NC(=O)OC(C)C)cc2S(=O)(=O)NC(C)(C)C)s1. The summed E-state index contributed by atoms with van der Waals surface area (Å²) in [6.07, 6.45) is -0.305. The second kappa shape index (κ2) is 12.9. The van der Waals surface area contributed by atoms with Crippen molar-refractivity contribution in [2.75, 3.05) is 17.7 Å². The molecule has 3 aromatic rings. The molecule has 0 aliphatic carbocycles. The van der Waals surface area contributed by atoms with Crippen LogP contribution in [0.5, 0.6) is 5.75 Å². The molecular formula is C28H36N4O7S2. The maximum atomic E-state index is 13.5. The van der Waals surface area contributed by atoms with Crippen LogP contribution in [0.25, 0.3) is 21.0 Å². The first-order chi connectivity index (χ1) is 19.1. The van der Waals surface area contributed by atoms with Crippen LogP contribution >= 0.6 is 11.3 Å². The largest absolute Gasteiger partial charge is 0.496 e. The van der Waals surface area contributed by atoms with Crippen LogP contribution < -0.4 is 20.1 Å². The third-order valence-corrected chi connectivity index (χ3v) is 7.95. The summed E-state index contributed by atoms with van der Waals surface area (Å²) in [7, 11) is -2.51. The highest BCUT2D eigenvalue weighted by Gasteiger charge is 2.27. The number of nitrogens with zero attached hydrogens (tertiary/aromatic N) is 1. The first-order valence-electron chi connectivity index (χ1n) is 12.9. The number of benzene rings is 2. The molecule has 0 radical (unpaired) electrons. The van der Waals surface area contributed by atoms with E-state index in [1.165, 1.54) is 24.5 Å². The van der Waals surface area contributed by atoms with Crippen LogP contribution in [-0.4, -0.2) is 50.4 Å². The van der Waals surface area contributed by atoms with E-state index >= 15 is 0 Å². The molecule has 41 heavy (non-hydrogen) atoms.